The lowest BCUT2D eigenvalue weighted by atomic mass is 10.0. The molecule has 0 aliphatic rings. The van der Waals surface area contributed by atoms with Crippen LogP contribution in [0.15, 0.2) is 60.7 Å². The Morgan fingerprint density at radius 2 is 1.42 bits per heavy atom. The quantitative estimate of drug-likeness (QED) is 0.494. The third-order valence-corrected chi connectivity index (χ3v) is 3.03. The van der Waals surface area contributed by atoms with E-state index in [9.17, 15) is 0 Å². The van der Waals surface area contributed by atoms with Crippen molar-refractivity contribution in [3.8, 4) is 22.4 Å². The summed E-state index contributed by atoms with van der Waals surface area (Å²) in [5.74, 6) is 6.19. The first kappa shape index (κ1) is 11.5. The number of nitrogens with one attached hydrogen (secondary N) is 2. The molecule has 0 radical (unpaired) electrons. The van der Waals surface area contributed by atoms with Crippen LogP contribution >= 0.6 is 0 Å². The van der Waals surface area contributed by atoms with Crippen molar-refractivity contribution in [1.82, 2.24) is 10.2 Å². The van der Waals surface area contributed by atoms with Crippen LogP contribution < -0.4 is 11.3 Å². The summed E-state index contributed by atoms with van der Waals surface area (Å²) in [5, 5.41) is 7.27. The third-order valence-electron chi connectivity index (χ3n) is 3.03. The molecule has 4 nitrogen and oxygen atoms in total. The molecule has 0 unspecified atom stereocenters. The molecule has 0 fully saturated rings. The van der Waals surface area contributed by atoms with Crippen LogP contribution in [-0.2, 0) is 0 Å². The van der Waals surface area contributed by atoms with Gasteiger partial charge in [-0.3, -0.25) is 5.10 Å². The average molecular weight is 250 g/mol. The highest BCUT2D eigenvalue weighted by molar-refractivity contribution is 5.88. The van der Waals surface area contributed by atoms with Crippen molar-refractivity contribution in [3.63, 3.8) is 0 Å². The SMILES string of the molecule is NNc1n[nH]c(-c2ccccc2)c1-c1ccccc1. The molecule has 3 rings (SSSR count). The van der Waals surface area contributed by atoms with E-state index in [1.54, 1.807) is 0 Å². The molecule has 1 heterocycles. The van der Waals surface area contributed by atoms with Crippen LogP contribution in [0.2, 0.25) is 0 Å². The molecule has 0 spiro atoms. The number of nitrogens with zero attached hydrogens (tertiary/aromatic N) is 1. The normalized spacial score (nSPS) is 10.4. The average Bonchev–Trinajstić information content (AvgIpc) is 2.93. The molecule has 0 aliphatic carbocycles. The summed E-state index contributed by atoms with van der Waals surface area (Å²) in [6.07, 6.45) is 0. The predicted octanol–water partition coefficient (Wildman–Crippen LogP) is 3.03. The van der Waals surface area contributed by atoms with Gasteiger partial charge in [0.2, 0.25) is 0 Å². The Morgan fingerprint density at radius 1 is 0.842 bits per heavy atom. The Hall–Kier alpha value is -2.59. The van der Waals surface area contributed by atoms with Gasteiger partial charge in [-0.05, 0) is 5.56 Å². The zero-order chi connectivity index (χ0) is 13.1. The van der Waals surface area contributed by atoms with Crippen molar-refractivity contribution >= 4 is 5.82 Å². The third kappa shape index (κ3) is 2.09. The molecule has 0 saturated carbocycles. The zero-order valence-corrected chi connectivity index (χ0v) is 10.3. The number of rotatable bonds is 3. The van der Waals surface area contributed by atoms with Gasteiger partial charge in [0, 0.05) is 5.56 Å². The number of hydrazine groups is 1. The first-order valence-electron chi connectivity index (χ1n) is 6.06. The minimum atomic E-state index is 0.644. The summed E-state index contributed by atoms with van der Waals surface area (Å²) in [6, 6.07) is 20.1. The molecule has 0 amide bonds. The predicted molar refractivity (Wildman–Crippen MR) is 77.3 cm³/mol. The van der Waals surface area contributed by atoms with E-state index >= 15 is 0 Å². The lowest BCUT2D eigenvalue weighted by molar-refractivity contribution is 1.08. The molecule has 4 N–H and O–H groups in total. The van der Waals surface area contributed by atoms with Crippen molar-refractivity contribution in [2.24, 2.45) is 5.84 Å². The minimum absolute atomic E-state index is 0.644. The van der Waals surface area contributed by atoms with Crippen LogP contribution in [-0.4, -0.2) is 10.2 Å². The molecule has 2 aromatic carbocycles. The number of aromatic nitrogens is 2. The van der Waals surface area contributed by atoms with E-state index in [4.69, 9.17) is 5.84 Å². The van der Waals surface area contributed by atoms with E-state index in [0.717, 1.165) is 22.4 Å². The van der Waals surface area contributed by atoms with Gasteiger partial charge >= 0.3 is 0 Å². The second kappa shape index (κ2) is 4.96. The first-order chi connectivity index (χ1) is 9.40. The molecule has 94 valence electrons. The molecule has 3 aromatic rings. The summed E-state index contributed by atoms with van der Waals surface area (Å²) in [4.78, 5) is 0. The molecule has 0 bridgehead atoms. The van der Waals surface area contributed by atoms with Gasteiger partial charge in [0.15, 0.2) is 5.82 Å². The number of hydrogen-bond acceptors (Lipinski definition) is 3. The molecule has 0 atom stereocenters. The monoisotopic (exact) mass is 250 g/mol. The maximum absolute atomic E-state index is 5.55. The topological polar surface area (TPSA) is 66.7 Å². The Balaban J connectivity index is 2.20. The summed E-state index contributed by atoms with van der Waals surface area (Å²) < 4.78 is 0. The van der Waals surface area contributed by atoms with Gasteiger partial charge in [0.1, 0.15) is 0 Å². The maximum Gasteiger partial charge on any atom is 0.170 e. The largest absolute Gasteiger partial charge is 0.306 e. The number of nitrogen functional groups attached to an aromatic ring is 1. The van der Waals surface area contributed by atoms with Crippen LogP contribution in [0.3, 0.4) is 0 Å². The maximum atomic E-state index is 5.55. The van der Waals surface area contributed by atoms with Gasteiger partial charge < -0.3 is 5.43 Å². The second-order valence-corrected chi connectivity index (χ2v) is 4.20. The Morgan fingerprint density at radius 3 is 2.00 bits per heavy atom. The van der Waals surface area contributed by atoms with E-state index in [2.05, 4.69) is 15.6 Å². The van der Waals surface area contributed by atoms with Crippen molar-refractivity contribution in [2.75, 3.05) is 5.43 Å². The van der Waals surface area contributed by atoms with Crippen LogP contribution in [0.1, 0.15) is 0 Å². The van der Waals surface area contributed by atoms with Gasteiger partial charge in [0.05, 0.1) is 11.3 Å². The van der Waals surface area contributed by atoms with E-state index in [1.807, 2.05) is 60.7 Å². The number of hydrogen-bond donors (Lipinski definition) is 3. The van der Waals surface area contributed by atoms with E-state index in [1.165, 1.54) is 0 Å². The Bertz CT molecular complexity index is 659. The molecule has 19 heavy (non-hydrogen) atoms. The van der Waals surface area contributed by atoms with Crippen molar-refractivity contribution in [3.05, 3.63) is 60.7 Å². The number of benzene rings is 2. The molecule has 1 aromatic heterocycles. The standard InChI is InChI=1S/C15H14N4/c16-17-15-13(11-7-3-1-4-8-11)14(18-19-15)12-9-5-2-6-10-12/h1-10H,16H2,(H2,17,18,19). The zero-order valence-electron chi connectivity index (χ0n) is 10.3. The van der Waals surface area contributed by atoms with Crippen LogP contribution in [0.25, 0.3) is 22.4 Å². The summed E-state index contributed by atoms with van der Waals surface area (Å²) in [5.41, 5.74) is 6.73. The second-order valence-electron chi connectivity index (χ2n) is 4.20. The van der Waals surface area contributed by atoms with E-state index < -0.39 is 0 Å². The summed E-state index contributed by atoms with van der Waals surface area (Å²) in [7, 11) is 0. The highest BCUT2D eigenvalue weighted by Crippen LogP contribution is 2.35. The van der Waals surface area contributed by atoms with Gasteiger partial charge in [-0.2, -0.15) is 5.10 Å². The molecule has 0 aliphatic heterocycles. The highest BCUT2D eigenvalue weighted by atomic mass is 15.3. The smallest absolute Gasteiger partial charge is 0.170 e. The highest BCUT2D eigenvalue weighted by Gasteiger charge is 2.15. The molecule has 0 saturated heterocycles. The van der Waals surface area contributed by atoms with Crippen LogP contribution in [0.4, 0.5) is 5.82 Å². The first-order valence-corrected chi connectivity index (χ1v) is 6.06. The molecular weight excluding hydrogens is 236 g/mol. The van der Waals surface area contributed by atoms with Gasteiger partial charge in [0.25, 0.3) is 0 Å². The van der Waals surface area contributed by atoms with Crippen molar-refractivity contribution < 1.29 is 0 Å². The van der Waals surface area contributed by atoms with Crippen LogP contribution in [0.5, 0.6) is 0 Å². The van der Waals surface area contributed by atoms with Crippen LogP contribution in [0, 0.1) is 0 Å². The van der Waals surface area contributed by atoms with E-state index in [-0.39, 0.29) is 0 Å². The fourth-order valence-electron chi connectivity index (χ4n) is 2.15. The fourth-order valence-corrected chi connectivity index (χ4v) is 2.15. The van der Waals surface area contributed by atoms with Gasteiger partial charge in [-0.1, -0.05) is 60.7 Å². The number of aromatic amines is 1. The molecular formula is C15H14N4. The summed E-state index contributed by atoms with van der Waals surface area (Å²) in [6.45, 7) is 0. The number of nitrogens with two attached hydrogens (primary N) is 1. The van der Waals surface area contributed by atoms with Gasteiger partial charge in [-0.15, -0.1) is 0 Å². The van der Waals surface area contributed by atoms with E-state index in [0.29, 0.717) is 5.82 Å². The van der Waals surface area contributed by atoms with Crippen molar-refractivity contribution in [1.29, 1.82) is 0 Å². The number of H-pyrrole nitrogens is 1. The molecule has 4 heteroatoms. The lowest BCUT2D eigenvalue weighted by Gasteiger charge is -2.05. The van der Waals surface area contributed by atoms with Crippen molar-refractivity contribution in [2.45, 2.75) is 0 Å². The van der Waals surface area contributed by atoms with Gasteiger partial charge in [-0.25, -0.2) is 5.84 Å². The lowest BCUT2D eigenvalue weighted by Crippen LogP contribution is -2.08. The minimum Gasteiger partial charge on any atom is -0.306 e. The fraction of sp³-hybridized carbons (Fsp3) is 0. The summed E-state index contributed by atoms with van der Waals surface area (Å²) >= 11 is 0. The Kier molecular flexibility index (Phi) is 3.00. The number of anilines is 1. The Labute approximate surface area is 111 Å².